The first-order chi connectivity index (χ1) is 9.82. The minimum Gasteiger partial charge on any atom is -0.495 e. The van der Waals surface area contributed by atoms with Crippen LogP contribution in [-0.2, 0) is 9.59 Å². The van der Waals surface area contributed by atoms with E-state index in [0.29, 0.717) is 30.1 Å². The second kappa shape index (κ2) is 5.73. The molecule has 2 amide bonds. The van der Waals surface area contributed by atoms with Crippen LogP contribution in [0.15, 0.2) is 18.2 Å². The van der Waals surface area contributed by atoms with Gasteiger partial charge in [-0.3, -0.25) is 9.59 Å². The third-order valence-corrected chi connectivity index (χ3v) is 3.39. The number of hydrogen-bond acceptors (Lipinski definition) is 4. The molecule has 114 valence electrons. The zero-order valence-corrected chi connectivity index (χ0v) is 12.6. The number of carbonyl (C=O) groups is 2. The van der Waals surface area contributed by atoms with Gasteiger partial charge in [-0.15, -0.1) is 0 Å². The lowest BCUT2D eigenvalue weighted by Gasteiger charge is -2.22. The number of nitrogens with zero attached hydrogens (tertiary/aromatic N) is 1. The van der Waals surface area contributed by atoms with Gasteiger partial charge in [0.1, 0.15) is 5.75 Å². The molecule has 0 bridgehead atoms. The van der Waals surface area contributed by atoms with E-state index < -0.39 is 5.54 Å². The highest BCUT2D eigenvalue weighted by Crippen LogP contribution is 2.34. The molecule has 2 rings (SSSR count). The Morgan fingerprint density at radius 3 is 2.67 bits per heavy atom. The van der Waals surface area contributed by atoms with Gasteiger partial charge in [0.25, 0.3) is 0 Å². The lowest BCUT2D eigenvalue weighted by molar-refractivity contribution is -0.120. The van der Waals surface area contributed by atoms with Crippen molar-refractivity contribution >= 4 is 23.2 Å². The third kappa shape index (κ3) is 3.33. The number of anilines is 2. The van der Waals surface area contributed by atoms with Gasteiger partial charge in [0.05, 0.1) is 18.3 Å². The van der Waals surface area contributed by atoms with Gasteiger partial charge in [-0.1, -0.05) is 0 Å². The van der Waals surface area contributed by atoms with Gasteiger partial charge in [-0.2, -0.15) is 0 Å². The number of hydrogen-bond donors (Lipinski definition) is 2. The van der Waals surface area contributed by atoms with Crippen molar-refractivity contribution in [1.29, 1.82) is 0 Å². The molecule has 1 saturated heterocycles. The Kier molecular flexibility index (Phi) is 4.18. The van der Waals surface area contributed by atoms with E-state index in [2.05, 4.69) is 5.32 Å². The Labute approximate surface area is 124 Å². The molecule has 0 atom stereocenters. The molecule has 6 nitrogen and oxygen atoms in total. The summed E-state index contributed by atoms with van der Waals surface area (Å²) in [6, 6.07) is 5.21. The molecule has 1 aliphatic rings. The maximum atomic E-state index is 11.9. The number of rotatable bonds is 4. The van der Waals surface area contributed by atoms with Crippen molar-refractivity contribution in [3.8, 4) is 5.75 Å². The third-order valence-electron chi connectivity index (χ3n) is 3.39. The minimum absolute atomic E-state index is 0.0657. The Morgan fingerprint density at radius 1 is 1.43 bits per heavy atom. The highest BCUT2D eigenvalue weighted by Gasteiger charge is 2.26. The van der Waals surface area contributed by atoms with Crippen molar-refractivity contribution in [1.82, 2.24) is 0 Å². The Bertz CT molecular complexity index is 564. The largest absolute Gasteiger partial charge is 0.495 e. The first-order valence-electron chi connectivity index (χ1n) is 6.91. The zero-order chi connectivity index (χ0) is 15.6. The smallest absolute Gasteiger partial charge is 0.243 e. The molecule has 21 heavy (non-hydrogen) atoms. The molecule has 1 aromatic carbocycles. The summed E-state index contributed by atoms with van der Waals surface area (Å²) in [7, 11) is 1.56. The SMILES string of the molecule is COc1ccc(NC(=O)C(C)(C)N)cc1N1CCCC1=O. The summed E-state index contributed by atoms with van der Waals surface area (Å²) in [5.74, 6) is 0.387. The topological polar surface area (TPSA) is 84.7 Å². The van der Waals surface area contributed by atoms with Gasteiger partial charge in [-0.05, 0) is 38.5 Å². The standard InChI is InChI=1S/C15H21N3O3/c1-15(2,16)14(20)17-10-6-7-12(21-3)11(9-10)18-8-4-5-13(18)19/h6-7,9H,4-5,8,16H2,1-3H3,(H,17,20). The van der Waals surface area contributed by atoms with Crippen molar-refractivity contribution in [3.63, 3.8) is 0 Å². The van der Waals surface area contributed by atoms with Crippen LogP contribution in [0.2, 0.25) is 0 Å². The van der Waals surface area contributed by atoms with Crippen LogP contribution < -0.4 is 20.7 Å². The highest BCUT2D eigenvalue weighted by molar-refractivity contribution is 6.00. The van der Waals surface area contributed by atoms with Gasteiger partial charge in [0, 0.05) is 18.7 Å². The van der Waals surface area contributed by atoms with E-state index in [1.165, 1.54) is 0 Å². The number of carbonyl (C=O) groups excluding carboxylic acids is 2. The lowest BCUT2D eigenvalue weighted by Crippen LogP contribution is -2.45. The van der Waals surface area contributed by atoms with Crippen LogP contribution in [0.4, 0.5) is 11.4 Å². The number of methoxy groups -OCH3 is 1. The van der Waals surface area contributed by atoms with E-state index in [0.717, 1.165) is 6.42 Å². The van der Waals surface area contributed by atoms with E-state index in [1.807, 2.05) is 0 Å². The van der Waals surface area contributed by atoms with Crippen molar-refractivity contribution in [2.45, 2.75) is 32.2 Å². The van der Waals surface area contributed by atoms with E-state index in [4.69, 9.17) is 10.5 Å². The minimum atomic E-state index is -0.969. The average molecular weight is 291 g/mol. The van der Waals surface area contributed by atoms with Crippen LogP contribution in [0.1, 0.15) is 26.7 Å². The monoisotopic (exact) mass is 291 g/mol. The van der Waals surface area contributed by atoms with Crippen LogP contribution in [0.25, 0.3) is 0 Å². The summed E-state index contributed by atoms with van der Waals surface area (Å²) >= 11 is 0. The predicted octanol–water partition coefficient (Wildman–Crippen LogP) is 1.50. The van der Waals surface area contributed by atoms with Gasteiger partial charge >= 0.3 is 0 Å². The van der Waals surface area contributed by atoms with Gasteiger partial charge < -0.3 is 20.7 Å². The molecule has 1 aliphatic heterocycles. The fourth-order valence-corrected chi connectivity index (χ4v) is 2.17. The van der Waals surface area contributed by atoms with Crippen LogP contribution in [0, 0.1) is 0 Å². The molecule has 1 fully saturated rings. The molecule has 1 heterocycles. The van der Waals surface area contributed by atoms with Crippen LogP contribution in [0.3, 0.4) is 0 Å². The molecule has 6 heteroatoms. The van der Waals surface area contributed by atoms with Crippen molar-refractivity contribution in [3.05, 3.63) is 18.2 Å². The fourth-order valence-electron chi connectivity index (χ4n) is 2.17. The molecule has 0 saturated carbocycles. The number of nitrogens with one attached hydrogen (secondary N) is 1. The number of benzene rings is 1. The van der Waals surface area contributed by atoms with Gasteiger partial charge in [0.2, 0.25) is 11.8 Å². The highest BCUT2D eigenvalue weighted by atomic mass is 16.5. The maximum Gasteiger partial charge on any atom is 0.243 e. The van der Waals surface area contributed by atoms with Crippen LogP contribution in [0.5, 0.6) is 5.75 Å². The van der Waals surface area contributed by atoms with Crippen molar-refractivity contribution in [2.75, 3.05) is 23.9 Å². The van der Waals surface area contributed by atoms with Crippen molar-refractivity contribution < 1.29 is 14.3 Å². The molecular formula is C15H21N3O3. The second-order valence-electron chi connectivity index (χ2n) is 5.71. The summed E-state index contributed by atoms with van der Waals surface area (Å²) < 4.78 is 5.30. The summed E-state index contributed by atoms with van der Waals surface area (Å²) in [4.78, 5) is 25.5. The van der Waals surface area contributed by atoms with E-state index >= 15 is 0 Å². The first-order valence-corrected chi connectivity index (χ1v) is 6.91. The Morgan fingerprint density at radius 2 is 2.14 bits per heavy atom. The number of amides is 2. The normalized spacial score (nSPS) is 15.2. The summed E-state index contributed by atoms with van der Waals surface area (Å²) in [5, 5.41) is 2.75. The lowest BCUT2D eigenvalue weighted by atomic mass is 10.1. The fraction of sp³-hybridized carbons (Fsp3) is 0.467. The average Bonchev–Trinajstić information content (AvgIpc) is 2.83. The molecule has 0 unspecified atom stereocenters. The Balaban J connectivity index is 2.29. The molecule has 0 spiro atoms. The van der Waals surface area contributed by atoms with Crippen molar-refractivity contribution in [2.24, 2.45) is 5.73 Å². The van der Waals surface area contributed by atoms with E-state index in [9.17, 15) is 9.59 Å². The summed E-state index contributed by atoms with van der Waals surface area (Å²) in [6.07, 6.45) is 1.37. The summed E-state index contributed by atoms with van der Waals surface area (Å²) in [6.45, 7) is 3.93. The molecule has 1 aromatic rings. The predicted molar refractivity (Wildman–Crippen MR) is 81.5 cm³/mol. The second-order valence-corrected chi connectivity index (χ2v) is 5.71. The maximum absolute atomic E-state index is 11.9. The van der Waals surface area contributed by atoms with Crippen LogP contribution in [-0.4, -0.2) is 31.0 Å². The Hall–Kier alpha value is -2.08. The van der Waals surface area contributed by atoms with Gasteiger partial charge in [0.15, 0.2) is 0 Å². The zero-order valence-electron chi connectivity index (χ0n) is 12.6. The van der Waals surface area contributed by atoms with Crippen LogP contribution >= 0.6 is 0 Å². The molecule has 0 aliphatic carbocycles. The number of ether oxygens (including phenoxy) is 1. The van der Waals surface area contributed by atoms with E-state index in [1.54, 1.807) is 44.1 Å². The van der Waals surface area contributed by atoms with E-state index in [-0.39, 0.29) is 11.8 Å². The number of nitrogens with two attached hydrogens (primary N) is 1. The quantitative estimate of drug-likeness (QED) is 0.880. The molecule has 0 aromatic heterocycles. The molecule has 3 N–H and O–H groups in total. The first kappa shape index (κ1) is 15.3. The molecule has 0 radical (unpaired) electrons. The molecular weight excluding hydrogens is 270 g/mol. The van der Waals surface area contributed by atoms with Gasteiger partial charge in [-0.25, -0.2) is 0 Å². The summed E-state index contributed by atoms with van der Waals surface area (Å²) in [5.41, 5.74) is 6.06.